The van der Waals surface area contributed by atoms with E-state index in [0.29, 0.717) is 0 Å². The first-order valence-corrected chi connectivity index (χ1v) is 5.56. The van der Waals surface area contributed by atoms with Gasteiger partial charge in [0.15, 0.2) is 0 Å². The van der Waals surface area contributed by atoms with Crippen molar-refractivity contribution in [1.29, 1.82) is 0 Å². The third-order valence-electron chi connectivity index (χ3n) is 2.75. The van der Waals surface area contributed by atoms with Crippen LogP contribution >= 0.6 is 0 Å². The molecule has 0 radical (unpaired) electrons. The molecule has 1 heterocycles. The molecular formula is C11H13NO7. The van der Waals surface area contributed by atoms with Gasteiger partial charge >= 0.3 is 0 Å². The van der Waals surface area contributed by atoms with E-state index in [-0.39, 0.29) is 18.0 Å². The molecule has 0 bridgehead atoms. The summed E-state index contributed by atoms with van der Waals surface area (Å²) < 4.78 is 10.3. The molecule has 0 aliphatic carbocycles. The van der Waals surface area contributed by atoms with Crippen LogP contribution in [0, 0.1) is 10.1 Å². The van der Waals surface area contributed by atoms with Crippen molar-refractivity contribution < 1.29 is 29.7 Å². The second-order valence-corrected chi connectivity index (χ2v) is 4.12. The Bertz CT molecular complexity index is 449. The van der Waals surface area contributed by atoms with Crippen molar-refractivity contribution in [3.05, 3.63) is 34.4 Å². The molecule has 4 atom stereocenters. The molecule has 1 aromatic carbocycles. The number of non-ortho nitro benzene ring substituents is 1. The molecule has 0 saturated carbocycles. The maximum absolute atomic E-state index is 10.5. The van der Waals surface area contributed by atoms with Gasteiger partial charge in [-0.25, -0.2) is 0 Å². The number of aliphatic hydroxyl groups is 3. The minimum absolute atomic E-state index is 0.0899. The summed E-state index contributed by atoms with van der Waals surface area (Å²) in [5.41, 5.74) is -0.0899. The van der Waals surface area contributed by atoms with Gasteiger partial charge in [0.2, 0.25) is 6.29 Å². The van der Waals surface area contributed by atoms with Gasteiger partial charge in [-0.3, -0.25) is 10.1 Å². The van der Waals surface area contributed by atoms with Crippen molar-refractivity contribution in [3.63, 3.8) is 0 Å². The Morgan fingerprint density at radius 1 is 1.21 bits per heavy atom. The zero-order valence-electron chi connectivity index (χ0n) is 9.75. The van der Waals surface area contributed by atoms with E-state index in [4.69, 9.17) is 9.47 Å². The molecule has 104 valence electrons. The molecule has 1 saturated heterocycles. The van der Waals surface area contributed by atoms with E-state index < -0.39 is 29.5 Å². The summed E-state index contributed by atoms with van der Waals surface area (Å²) in [6, 6.07) is 5.20. The van der Waals surface area contributed by atoms with E-state index in [1.165, 1.54) is 24.3 Å². The lowest BCUT2D eigenvalue weighted by molar-refractivity contribution is -0.384. The molecule has 1 aromatic rings. The monoisotopic (exact) mass is 271 g/mol. The number of rotatable bonds is 3. The van der Waals surface area contributed by atoms with Crippen LogP contribution in [0.4, 0.5) is 5.69 Å². The fraction of sp³-hybridized carbons (Fsp3) is 0.455. The highest BCUT2D eigenvalue weighted by Gasteiger charge is 2.38. The minimum atomic E-state index is -1.40. The molecular weight excluding hydrogens is 258 g/mol. The largest absolute Gasteiger partial charge is 0.462 e. The summed E-state index contributed by atoms with van der Waals surface area (Å²) in [6.45, 7) is -0.171. The molecule has 8 heteroatoms. The van der Waals surface area contributed by atoms with Crippen LogP contribution in [0.2, 0.25) is 0 Å². The average Bonchev–Trinajstić information content (AvgIpc) is 2.40. The lowest BCUT2D eigenvalue weighted by Crippen LogP contribution is -2.54. The maximum Gasteiger partial charge on any atom is 0.269 e. The average molecular weight is 271 g/mol. The predicted octanol–water partition coefficient (Wildman–Crippen LogP) is -0.587. The van der Waals surface area contributed by atoms with Crippen LogP contribution < -0.4 is 4.74 Å². The fourth-order valence-corrected chi connectivity index (χ4v) is 1.66. The number of benzene rings is 1. The standard InChI is InChI=1S/C11H13NO7/c13-8-5-18-11(10(15)9(8)14)19-7-3-1-6(2-4-7)12(16)17/h1-4,8-11,13-15H,5H2/t8-,9+,10?,11?/m1/s1. The molecule has 3 N–H and O–H groups in total. The highest BCUT2D eigenvalue weighted by atomic mass is 16.7. The maximum atomic E-state index is 10.5. The molecule has 1 aliphatic heterocycles. The first kappa shape index (κ1) is 13.7. The summed E-state index contributed by atoms with van der Waals surface area (Å²) in [6.07, 6.45) is -5.08. The van der Waals surface area contributed by atoms with Gasteiger partial charge < -0.3 is 24.8 Å². The lowest BCUT2D eigenvalue weighted by atomic mass is 10.1. The van der Waals surface area contributed by atoms with Crippen LogP contribution in [0.1, 0.15) is 0 Å². The zero-order chi connectivity index (χ0) is 14.0. The van der Waals surface area contributed by atoms with E-state index in [9.17, 15) is 25.4 Å². The van der Waals surface area contributed by atoms with Gasteiger partial charge in [0.05, 0.1) is 11.5 Å². The van der Waals surface area contributed by atoms with Gasteiger partial charge in [-0.05, 0) is 12.1 Å². The van der Waals surface area contributed by atoms with Crippen LogP contribution in [0.15, 0.2) is 24.3 Å². The van der Waals surface area contributed by atoms with Crippen molar-refractivity contribution in [3.8, 4) is 5.75 Å². The second-order valence-electron chi connectivity index (χ2n) is 4.12. The van der Waals surface area contributed by atoms with E-state index in [0.717, 1.165) is 0 Å². The molecule has 19 heavy (non-hydrogen) atoms. The van der Waals surface area contributed by atoms with Gasteiger partial charge in [-0.2, -0.15) is 0 Å². The zero-order valence-corrected chi connectivity index (χ0v) is 9.75. The minimum Gasteiger partial charge on any atom is -0.462 e. The van der Waals surface area contributed by atoms with E-state index >= 15 is 0 Å². The Kier molecular flexibility index (Phi) is 3.96. The van der Waals surface area contributed by atoms with Crippen LogP contribution in [0.3, 0.4) is 0 Å². The molecule has 2 unspecified atom stereocenters. The number of nitrogens with zero attached hydrogens (tertiary/aromatic N) is 1. The van der Waals surface area contributed by atoms with Crippen LogP contribution in [-0.2, 0) is 4.74 Å². The Hall–Kier alpha value is -1.74. The highest BCUT2D eigenvalue weighted by molar-refractivity contribution is 5.36. The molecule has 0 amide bonds. The van der Waals surface area contributed by atoms with Crippen LogP contribution in [0.25, 0.3) is 0 Å². The van der Waals surface area contributed by atoms with Gasteiger partial charge in [0.25, 0.3) is 5.69 Å². The summed E-state index contributed by atoms with van der Waals surface area (Å²) in [5.74, 6) is 0.248. The topological polar surface area (TPSA) is 122 Å². The number of hydrogen-bond acceptors (Lipinski definition) is 7. The molecule has 0 spiro atoms. The molecule has 0 aromatic heterocycles. The summed E-state index contributed by atoms with van der Waals surface area (Å²) in [5, 5.41) is 38.8. The van der Waals surface area contributed by atoms with E-state index in [2.05, 4.69) is 0 Å². The quantitative estimate of drug-likeness (QED) is 0.496. The summed E-state index contributed by atoms with van der Waals surface area (Å²) in [7, 11) is 0. The SMILES string of the molecule is O=[N+]([O-])c1ccc(OC2OC[C@@H](O)[C@H](O)C2O)cc1. The van der Waals surface area contributed by atoms with Crippen LogP contribution in [-0.4, -0.2) is 51.5 Å². The summed E-state index contributed by atoms with van der Waals surface area (Å²) >= 11 is 0. The number of nitro groups is 1. The predicted molar refractivity (Wildman–Crippen MR) is 61.5 cm³/mol. The smallest absolute Gasteiger partial charge is 0.269 e. The molecule has 1 aliphatic rings. The van der Waals surface area contributed by atoms with E-state index in [1.807, 2.05) is 0 Å². The van der Waals surface area contributed by atoms with Crippen LogP contribution in [0.5, 0.6) is 5.75 Å². The third-order valence-corrected chi connectivity index (χ3v) is 2.75. The van der Waals surface area contributed by atoms with Gasteiger partial charge in [-0.15, -0.1) is 0 Å². The van der Waals surface area contributed by atoms with Gasteiger partial charge in [0.1, 0.15) is 24.1 Å². The first-order valence-electron chi connectivity index (χ1n) is 5.56. The van der Waals surface area contributed by atoms with Gasteiger partial charge in [-0.1, -0.05) is 0 Å². The lowest BCUT2D eigenvalue weighted by Gasteiger charge is -2.34. The van der Waals surface area contributed by atoms with Gasteiger partial charge in [0, 0.05) is 12.1 Å². The van der Waals surface area contributed by atoms with Crippen molar-refractivity contribution >= 4 is 5.69 Å². The first-order chi connectivity index (χ1) is 8.99. The molecule has 1 fully saturated rings. The second kappa shape index (κ2) is 5.49. The molecule has 2 rings (SSSR count). The van der Waals surface area contributed by atoms with E-state index in [1.54, 1.807) is 0 Å². The Balaban J connectivity index is 2.03. The third kappa shape index (κ3) is 2.99. The van der Waals surface area contributed by atoms with Crippen molar-refractivity contribution in [1.82, 2.24) is 0 Å². The highest BCUT2D eigenvalue weighted by Crippen LogP contribution is 2.22. The Morgan fingerprint density at radius 3 is 2.42 bits per heavy atom. The van der Waals surface area contributed by atoms with Crippen molar-refractivity contribution in [2.24, 2.45) is 0 Å². The summed E-state index contributed by atoms with van der Waals surface area (Å²) in [4.78, 5) is 9.93. The number of nitro benzene ring substituents is 1. The molecule has 8 nitrogen and oxygen atoms in total. The van der Waals surface area contributed by atoms with Crippen molar-refractivity contribution in [2.45, 2.75) is 24.6 Å². The Morgan fingerprint density at radius 2 is 1.84 bits per heavy atom. The number of aliphatic hydroxyl groups excluding tert-OH is 3. The number of ether oxygens (including phenoxy) is 2. The normalized spacial score (nSPS) is 30.9. The van der Waals surface area contributed by atoms with Crippen molar-refractivity contribution in [2.75, 3.05) is 6.61 Å². The fourth-order valence-electron chi connectivity index (χ4n) is 1.66. The number of hydrogen-bond donors (Lipinski definition) is 3. The Labute approximate surface area is 108 Å².